The van der Waals surface area contributed by atoms with E-state index in [1.165, 1.54) is 32.0 Å². The summed E-state index contributed by atoms with van der Waals surface area (Å²) < 4.78 is 15.7. The van der Waals surface area contributed by atoms with Crippen LogP contribution in [0.15, 0.2) is 36.7 Å². The lowest BCUT2D eigenvalue weighted by atomic mass is 9.97. The molecule has 1 aromatic carbocycles. The number of rotatable bonds is 7. The molecule has 7 heteroatoms. The van der Waals surface area contributed by atoms with E-state index >= 15 is 0 Å². The Hall–Kier alpha value is -1.80. The van der Waals surface area contributed by atoms with Crippen molar-refractivity contribution in [3.8, 4) is 5.69 Å². The van der Waals surface area contributed by atoms with E-state index in [0.717, 1.165) is 38.2 Å². The maximum atomic E-state index is 14.1. The van der Waals surface area contributed by atoms with Gasteiger partial charge in [-0.1, -0.05) is 12.1 Å². The Balaban J connectivity index is 1.36. The van der Waals surface area contributed by atoms with Crippen LogP contribution in [-0.4, -0.2) is 87.0 Å². The number of aliphatic hydroxyl groups is 1. The molecule has 1 unspecified atom stereocenters. The molecule has 0 spiro atoms. The number of aliphatic hydroxyl groups excluding tert-OH is 1. The second-order valence-electron chi connectivity index (χ2n) is 9.24. The number of para-hydroxylation sites is 1. The average Bonchev–Trinajstić information content (AvgIpc) is 3.23. The Morgan fingerprint density at radius 3 is 2.61 bits per heavy atom. The zero-order chi connectivity index (χ0) is 21.8. The number of benzene rings is 1. The predicted molar refractivity (Wildman–Crippen MR) is 121 cm³/mol. The molecule has 0 bridgehead atoms. The summed E-state index contributed by atoms with van der Waals surface area (Å²) in [6.07, 6.45) is 7.01. The summed E-state index contributed by atoms with van der Waals surface area (Å²) in [5, 5.41) is 14.1. The van der Waals surface area contributed by atoms with Crippen LogP contribution in [0, 0.1) is 5.82 Å². The number of piperidine rings is 1. The Labute approximate surface area is 185 Å². The second kappa shape index (κ2) is 10.2. The summed E-state index contributed by atoms with van der Waals surface area (Å²) >= 11 is 0. The zero-order valence-corrected chi connectivity index (χ0v) is 18.8. The number of nitrogens with zero attached hydrogens (tertiary/aromatic N) is 5. The number of likely N-dealkylation sites (tertiary alicyclic amines) is 1. The Morgan fingerprint density at radius 2 is 1.90 bits per heavy atom. The maximum Gasteiger partial charge on any atom is 0.148 e. The fourth-order valence-electron chi connectivity index (χ4n) is 5.17. The van der Waals surface area contributed by atoms with Crippen molar-refractivity contribution in [2.75, 3.05) is 39.3 Å². The van der Waals surface area contributed by atoms with Crippen molar-refractivity contribution in [2.24, 2.45) is 0 Å². The number of aromatic nitrogens is 2. The van der Waals surface area contributed by atoms with Gasteiger partial charge in [-0.05, 0) is 58.3 Å². The maximum absolute atomic E-state index is 14.1. The van der Waals surface area contributed by atoms with Crippen LogP contribution in [0.1, 0.15) is 38.7 Å². The van der Waals surface area contributed by atoms with Gasteiger partial charge in [-0.15, -0.1) is 0 Å². The van der Waals surface area contributed by atoms with Crippen LogP contribution in [0.5, 0.6) is 0 Å². The minimum absolute atomic E-state index is 0.227. The van der Waals surface area contributed by atoms with Gasteiger partial charge in [0, 0.05) is 62.7 Å². The smallest absolute Gasteiger partial charge is 0.148 e. The van der Waals surface area contributed by atoms with Crippen molar-refractivity contribution in [3.05, 3.63) is 48.0 Å². The molecule has 0 saturated carbocycles. The minimum atomic E-state index is -0.266. The van der Waals surface area contributed by atoms with Crippen molar-refractivity contribution >= 4 is 0 Å². The monoisotopic (exact) mass is 429 g/mol. The molecule has 1 aromatic heterocycles. The normalized spacial score (nSPS) is 22.4. The standard InChI is InChI=1S/C24H36FN5O/c1-19(2)28-10-7-21(8-11-28)29-13-12-27(18-22(29)9-14-31)16-20-15-26-30(17-20)24-6-4-3-5-23(24)25/h3-6,15,17,19,21-22,31H,7-14,16,18H2,1-2H3. The van der Waals surface area contributed by atoms with Crippen molar-refractivity contribution in [1.82, 2.24) is 24.5 Å². The van der Waals surface area contributed by atoms with E-state index in [9.17, 15) is 9.50 Å². The summed E-state index contributed by atoms with van der Waals surface area (Å²) in [6, 6.07) is 8.35. The molecular formula is C24H36FN5O. The van der Waals surface area contributed by atoms with Crippen LogP contribution < -0.4 is 0 Å². The molecule has 4 rings (SSSR count). The first kappa shape index (κ1) is 22.4. The Bertz CT molecular complexity index is 833. The molecule has 170 valence electrons. The topological polar surface area (TPSA) is 47.8 Å². The third-order valence-corrected chi connectivity index (χ3v) is 6.91. The van der Waals surface area contributed by atoms with Crippen molar-refractivity contribution < 1.29 is 9.50 Å². The molecule has 2 aromatic rings. The van der Waals surface area contributed by atoms with Gasteiger partial charge in [0.15, 0.2) is 0 Å². The molecule has 2 saturated heterocycles. The van der Waals surface area contributed by atoms with E-state index in [4.69, 9.17) is 0 Å². The fraction of sp³-hybridized carbons (Fsp3) is 0.625. The van der Waals surface area contributed by atoms with Gasteiger partial charge < -0.3 is 10.0 Å². The van der Waals surface area contributed by atoms with Gasteiger partial charge in [-0.25, -0.2) is 9.07 Å². The first-order valence-electron chi connectivity index (χ1n) is 11.7. The van der Waals surface area contributed by atoms with Crippen LogP contribution in [0.25, 0.3) is 5.69 Å². The summed E-state index contributed by atoms with van der Waals surface area (Å²) in [5.41, 5.74) is 1.56. The number of hydrogen-bond donors (Lipinski definition) is 1. The largest absolute Gasteiger partial charge is 0.396 e. The second-order valence-corrected chi connectivity index (χ2v) is 9.24. The summed E-state index contributed by atoms with van der Waals surface area (Å²) in [6.45, 7) is 10.9. The lowest BCUT2D eigenvalue weighted by molar-refractivity contribution is -0.0000322. The van der Waals surface area contributed by atoms with E-state index < -0.39 is 0 Å². The van der Waals surface area contributed by atoms with Crippen LogP contribution >= 0.6 is 0 Å². The van der Waals surface area contributed by atoms with Gasteiger partial charge >= 0.3 is 0 Å². The summed E-state index contributed by atoms with van der Waals surface area (Å²) in [5.74, 6) is -0.266. The Morgan fingerprint density at radius 1 is 1.13 bits per heavy atom. The van der Waals surface area contributed by atoms with Gasteiger partial charge in [0.2, 0.25) is 0 Å². The first-order valence-corrected chi connectivity index (χ1v) is 11.7. The number of hydrogen-bond acceptors (Lipinski definition) is 5. The lowest BCUT2D eigenvalue weighted by Crippen LogP contribution is -2.58. The molecule has 31 heavy (non-hydrogen) atoms. The van der Waals surface area contributed by atoms with E-state index in [2.05, 4.69) is 33.6 Å². The molecule has 1 N–H and O–H groups in total. The highest BCUT2D eigenvalue weighted by Gasteiger charge is 2.33. The molecule has 1 atom stereocenters. The average molecular weight is 430 g/mol. The molecular weight excluding hydrogens is 393 g/mol. The van der Waals surface area contributed by atoms with Gasteiger partial charge in [-0.3, -0.25) is 9.80 Å². The molecule has 2 aliphatic rings. The molecule has 0 aliphatic carbocycles. The molecule has 2 fully saturated rings. The van der Waals surface area contributed by atoms with Crippen molar-refractivity contribution in [3.63, 3.8) is 0 Å². The van der Waals surface area contributed by atoms with Crippen LogP contribution in [-0.2, 0) is 6.54 Å². The highest BCUT2D eigenvalue weighted by molar-refractivity contribution is 5.32. The zero-order valence-electron chi connectivity index (χ0n) is 18.8. The van der Waals surface area contributed by atoms with E-state index in [1.807, 2.05) is 18.5 Å². The fourth-order valence-corrected chi connectivity index (χ4v) is 5.17. The number of halogens is 1. The summed E-state index contributed by atoms with van der Waals surface area (Å²) in [7, 11) is 0. The minimum Gasteiger partial charge on any atom is -0.396 e. The van der Waals surface area contributed by atoms with Gasteiger partial charge in [0.1, 0.15) is 11.5 Å². The Kier molecular flexibility index (Phi) is 7.38. The van der Waals surface area contributed by atoms with Gasteiger partial charge in [0.05, 0.1) is 6.20 Å². The molecule has 6 nitrogen and oxygen atoms in total. The molecule has 3 heterocycles. The van der Waals surface area contributed by atoms with Crippen molar-refractivity contribution in [1.29, 1.82) is 0 Å². The highest BCUT2D eigenvalue weighted by Crippen LogP contribution is 2.25. The highest BCUT2D eigenvalue weighted by atomic mass is 19.1. The van der Waals surface area contributed by atoms with Crippen molar-refractivity contribution in [2.45, 2.75) is 57.8 Å². The molecule has 2 aliphatic heterocycles. The van der Waals surface area contributed by atoms with E-state index in [0.29, 0.717) is 23.8 Å². The van der Waals surface area contributed by atoms with E-state index in [-0.39, 0.29) is 12.4 Å². The van der Waals surface area contributed by atoms with Gasteiger partial charge in [0.25, 0.3) is 0 Å². The van der Waals surface area contributed by atoms with E-state index in [1.54, 1.807) is 16.8 Å². The van der Waals surface area contributed by atoms with Crippen LogP contribution in [0.4, 0.5) is 4.39 Å². The SMILES string of the molecule is CC(C)N1CCC(N2CCN(Cc3cnn(-c4ccccc4F)c3)CC2CCO)CC1. The number of piperazine rings is 1. The van der Waals surface area contributed by atoms with Crippen LogP contribution in [0.2, 0.25) is 0 Å². The quantitative estimate of drug-likeness (QED) is 0.734. The first-order chi connectivity index (χ1) is 15.0. The summed E-state index contributed by atoms with van der Waals surface area (Å²) in [4.78, 5) is 7.68. The lowest BCUT2D eigenvalue weighted by Gasteiger charge is -2.48. The van der Waals surface area contributed by atoms with Crippen LogP contribution in [0.3, 0.4) is 0 Å². The predicted octanol–water partition coefficient (Wildman–Crippen LogP) is 2.75. The third kappa shape index (κ3) is 5.34. The van der Waals surface area contributed by atoms with Gasteiger partial charge in [-0.2, -0.15) is 5.10 Å². The third-order valence-electron chi connectivity index (χ3n) is 6.91. The molecule has 0 amide bonds. The molecule has 0 radical (unpaired) electrons.